The zero-order valence-electron chi connectivity index (χ0n) is 29.9. The highest BCUT2D eigenvalue weighted by Gasteiger charge is 2.34. The molecular weight excluding hydrogens is 577 g/mol. The van der Waals surface area contributed by atoms with Gasteiger partial charge in [-0.25, -0.2) is 0 Å². The fourth-order valence-corrected chi connectivity index (χ4v) is 11.7. The van der Waals surface area contributed by atoms with Crippen LogP contribution in [0.15, 0.2) is 84.9 Å². The third-order valence-electron chi connectivity index (χ3n) is 9.62. The average molecular weight is 645 g/mol. The van der Waals surface area contributed by atoms with Crippen molar-refractivity contribution in [1.29, 1.82) is 0 Å². The maximum absolute atomic E-state index is 6.16. The van der Waals surface area contributed by atoms with Crippen LogP contribution in [0.5, 0.6) is 0 Å². The van der Waals surface area contributed by atoms with E-state index in [-0.39, 0.29) is 0 Å². The molecule has 0 unspecified atom stereocenters. The Balaban J connectivity index is 1.43. The molecule has 0 spiro atoms. The molecule has 0 aliphatic carbocycles. The SMILES string of the molecule is CCCCCC[P+](CCCCCC)(CCCCCC)CCCCCCOCc1ccc(N(c2ccccc2)c2ccccc2)cc1. The monoisotopic (exact) mass is 644 g/mol. The van der Waals surface area contributed by atoms with Gasteiger partial charge in [-0.05, 0) is 99.7 Å². The lowest BCUT2D eigenvalue weighted by Crippen LogP contribution is -2.13. The van der Waals surface area contributed by atoms with E-state index in [2.05, 4.69) is 111 Å². The number of ether oxygens (including phenoxy) is 1. The standard InChI is InChI=1S/C43H67NOP/c1-4-7-10-22-35-46(36-23-11-8-5-2,37-24-12-9-6-3)38-25-14-13-21-34-45-39-40-30-32-43(33-31-40)44(41-26-17-15-18-27-41)42-28-19-16-20-29-42/h15-20,26-33H,4-14,21-25,34-39H2,1-3H3/q+1. The third-order valence-corrected chi connectivity index (χ3v) is 14.7. The van der Waals surface area contributed by atoms with Crippen molar-refractivity contribution in [2.75, 3.05) is 36.2 Å². The number of anilines is 3. The van der Waals surface area contributed by atoms with Gasteiger partial charge in [0.25, 0.3) is 0 Å². The first-order valence-corrected chi connectivity index (χ1v) is 21.7. The van der Waals surface area contributed by atoms with Crippen molar-refractivity contribution in [3.63, 3.8) is 0 Å². The van der Waals surface area contributed by atoms with Gasteiger partial charge in [-0.3, -0.25) is 0 Å². The van der Waals surface area contributed by atoms with Crippen molar-refractivity contribution in [2.24, 2.45) is 0 Å². The summed E-state index contributed by atoms with van der Waals surface area (Å²) in [4.78, 5) is 2.31. The van der Waals surface area contributed by atoms with E-state index in [4.69, 9.17) is 4.74 Å². The van der Waals surface area contributed by atoms with Crippen molar-refractivity contribution in [3.05, 3.63) is 90.5 Å². The predicted octanol–water partition coefficient (Wildman–Crippen LogP) is 14.0. The molecule has 0 heterocycles. The smallest absolute Gasteiger partial charge is 0.0716 e. The fraction of sp³-hybridized carbons (Fsp3) is 0.581. The summed E-state index contributed by atoms with van der Waals surface area (Å²) in [5.41, 5.74) is 4.75. The van der Waals surface area contributed by atoms with Crippen LogP contribution in [0.2, 0.25) is 0 Å². The normalized spacial score (nSPS) is 11.6. The molecule has 0 aliphatic rings. The molecule has 254 valence electrons. The van der Waals surface area contributed by atoms with Crippen LogP contribution in [0.1, 0.15) is 129 Å². The van der Waals surface area contributed by atoms with Gasteiger partial charge < -0.3 is 9.64 Å². The van der Waals surface area contributed by atoms with E-state index in [0.717, 1.165) is 6.61 Å². The van der Waals surface area contributed by atoms with Crippen molar-refractivity contribution >= 4 is 24.3 Å². The highest BCUT2D eigenvalue weighted by Crippen LogP contribution is 2.61. The van der Waals surface area contributed by atoms with Gasteiger partial charge in [-0.1, -0.05) is 114 Å². The number of para-hydroxylation sites is 2. The minimum atomic E-state index is -0.804. The first kappa shape index (κ1) is 38.3. The minimum Gasteiger partial charge on any atom is -0.377 e. The van der Waals surface area contributed by atoms with Gasteiger partial charge in [0.05, 0.1) is 31.3 Å². The number of hydrogen-bond donors (Lipinski definition) is 0. The Hall–Kier alpha value is -2.15. The van der Waals surface area contributed by atoms with Crippen LogP contribution in [0.4, 0.5) is 17.1 Å². The highest BCUT2D eigenvalue weighted by molar-refractivity contribution is 7.75. The van der Waals surface area contributed by atoms with Crippen LogP contribution in [-0.4, -0.2) is 31.3 Å². The van der Waals surface area contributed by atoms with E-state index in [1.54, 1.807) is 24.6 Å². The summed E-state index contributed by atoms with van der Waals surface area (Å²) in [5.74, 6) is 0. The van der Waals surface area contributed by atoms with E-state index in [1.165, 1.54) is 125 Å². The lowest BCUT2D eigenvalue weighted by molar-refractivity contribution is 0.117. The van der Waals surface area contributed by atoms with E-state index in [0.29, 0.717) is 6.61 Å². The maximum Gasteiger partial charge on any atom is 0.0716 e. The van der Waals surface area contributed by atoms with Crippen molar-refractivity contribution < 1.29 is 4.74 Å². The molecular formula is C43H67NOP+. The van der Waals surface area contributed by atoms with E-state index >= 15 is 0 Å². The number of benzene rings is 3. The molecule has 3 aromatic rings. The quantitative estimate of drug-likeness (QED) is 0.0605. The van der Waals surface area contributed by atoms with E-state index in [1.807, 2.05) is 0 Å². The number of nitrogens with zero attached hydrogens (tertiary/aromatic N) is 1. The van der Waals surface area contributed by atoms with Crippen molar-refractivity contribution in [3.8, 4) is 0 Å². The topological polar surface area (TPSA) is 12.5 Å². The molecule has 0 aromatic heterocycles. The Morgan fingerprint density at radius 2 is 0.826 bits per heavy atom. The molecule has 0 saturated carbocycles. The third kappa shape index (κ3) is 14.7. The van der Waals surface area contributed by atoms with Gasteiger partial charge in [-0.15, -0.1) is 0 Å². The molecule has 0 N–H and O–H groups in total. The summed E-state index contributed by atoms with van der Waals surface area (Å²) in [5, 5.41) is 0. The minimum absolute atomic E-state index is 0.693. The molecule has 0 saturated heterocycles. The second kappa shape index (κ2) is 24.1. The van der Waals surface area contributed by atoms with Crippen molar-refractivity contribution in [1.82, 2.24) is 0 Å². The number of hydrogen-bond acceptors (Lipinski definition) is 2. The zero-order chi connectivity index (χ0) is 32.5. The molecule has 0 bridgehead atoms. The van der Waals surface area contributed by atoms with Crippen molar-refractivity contribution in [2.45, 2.75) is 130 Å². The number of rotatable bonds is 27. The Kier molecular flexibility index (Phi) is 20.0. The van der Waals surface area contributed by atoms with Gasteiger partial charge in [0.2, 0.25) is 0 Å². The molecule has 3 heteroatoms. The summed E-state index contributed by atoms with van der Waals surface area (Å²) in [6.45, 7) is 8.61. The Morgan fingerprint density at radius 1 is 0.435 bits per heavy atom. The fourth-order valence-electron chi connectivity index (χ4n) is 6.83. The van der Waals surface area contributed by atoms with E-state index < -0.39 is 7.26 Å². The molecule has 0 atom stereocenters. The number of unbranched alkanes of at least 4 members (excludes halogenated alkanes) is 12. The Labute approximate surface area is 285 Å². The Bertz CT molecular complexity index is 1050. The summed E-state index contributed by atoms with van der Waals surface area (Å²) in [6.07, 6.45) is 28.8. The summed E-state index contributed by atoms with van der Waals surface area (Å²) >= 11 is 0. The molecule has 0 fully saturated rings. The van der Waals surface area contributed by atoms with Crippen LogP contribution in [-0.2, 0) is 11.3 Å². The van der Waals surface area contributed by atoms with Gasteiger partial charge in [0, 0.05) is 30.9 Å². The lowest BCUT2D eigenvalue weighted by Gasteiger charge is -2.28. The first-order valence-electron chi connectivity index (χ1n) is 19.1. The lowest BCUT2D eigenvalue weighted by atomic mass is 10.1. The molecule has 0 amide bonds. The van der Waals surface area contributed by atoms with Gasteiger partial charge >= 0.3 is 0 Å². The van der Waals surface area contributed by atoms with Crippen LogP contribution in [0, 0.1) is 0 Å². The van der Waals surface area contributed by atoms with Crippen LogP contribution in [0.3, 0.4) is 0 Å². The second-order valence-electron chi connectivity index (χ2n) is 13.6. The van der Waals surface area contributed by atoms with Gasteiger partial charge in [0.1, 0.15) is 0 Å². The molecule has 3 aromatic carbocycles. The second-order valence-corrected chi connectivity index (χ2v) is 18.0. The highest BCUT2D eigenvalue weighted by atomic mass is 31.2. The first-order chi connectivity index (χ1) is 22.7. The molecule has 2 nitrogen and oxygen atoms in total. The van der Waals surface area contributed by atoms with Crippen LogP contribution >= 0.6 is 7.26 Å². The van der Waals surface area contributed by atoms with Crippen LogP contribution in [0.25, 0.3) is 0 Å². The molecule has 3 rings (SSSR count). The molecule has 0 radical (unpaired) electrons. The largest absolute Gasteiger partial charge is 0.377 e. The van der Waals surface area contributed by atoms with Crippen LogP contribution < -0.4 is 4.90 Å². The summed E-state index contributed by atoms with van der Waals surface area (Å²) in [6, 6.07) is 30.1. The summed E-state index contributed by atoms with van der Waals surface area (Å²) < 4.78 is 6.16. The summed E-state index contributed by atoms with van der Waals surface area (Å²) in [7, 11) is -0.804. The van der Waals surface area contributed by atoms with Gasteiger partial charge in [-0.2, -0.15) is 0 Å². The van der Waals surface area contributed by atoms with E-state index in [9.17, 15) is 0 Å². The zero-order valence-corrected chi connectivity index (χ0v) is 30.8. The van der Waals surface area contributed by atoms with Gasteiger partial charge in [0.15, 0.2) is 0 Å². The predicted molar refractivity (Wildman–Crippen MR) is 208 cm³/mol. The Morgan fingerprint density at radius 3 is 1.26 bits per heavy atom. The molecule has 0 aliphatic heterocycles. The molecule has 46 heavy (non-hydrogen) atoms. The average Bonchev–Trinajstić information content (AvgIpc) is 3.10. The maximum atomic E-state index is 6.16.